The molecule has 8 heteroatoms. The van der Waals surface area contributed by atoms with Gasteiger partial charge in [0.15, 0.2) is 5.58 Å². The van der Waals surface area contributed by atoms with Crippen LogP contribution in [0.1, 0.15) is 12.8 Å². The SMILES string of the molecule is O=S(=O)(NCC1CCN(c2nc3ccccc3o2)CC1)c1cccc(F)c1. The Morgan fingerprint density at radius 1 is 1.15 bits per heavy atom. The molecule has 0 amide bonds. The first-order valence-electron chi connectivity index (χ1n) is 8.87. The van der Waals surface area contributed by atoms with E-state index in [1.807, 2.05) is 24.3 Å². The van der Waals surface area contributed by atoms with E-state index >= 15 is 0 Å². The van der Waals surface area contributed by atoms with Crippen LogP contribution in [0.25, 0.3) is 11.1 Å². The zero-order valence-corrected chi connectivity index (χ0v) is 15.5. The van der Waals surface area contributed by atoms with Crippen molar-refractivity contribution in [3.05, 3.63) is 54.3 Å². The number of anilines is 1. The van der Waals surface area contributed by atoms with Gasteiger partial charge in [-0.1, -0.05) is 18.2 Å². The van der Waals surface area contributed by atoms with Crippen molar-refractivity contribution in [2.75, 3.05) is 24.5 Å². The van der Waals surface area contributed by atoms with Crippen LogP contribution in [0.15, 0.2) is 57.8 Å². The van der Waals surface area contributed by atoms with Gasteiger partial charge < -0.3 is 9.32 Å². The molecular weight excluding hydrogens is 369 g/mol. The van der Waals surface area contributed by atoms with Crippen LogP contribution in [0.3, 0.4) is 0 Å². The topological polar surface area (TPSA) is 75.4 Å². The predicted octanol–water partition coefficient (Wildman–Crippen LogP) is 3.16. The number of rotatable bonds is 5. The number of oxazole rings is 1. The molecule has 0 saturated carbocycles. The number of benzene rings is 2. The summed E-state index contributed by atoms with van der Waals surface area (Å²) in [5.74, 6) is -0.349. The minimum absolute atomic E-state index is 0.0496. The lowest BCUT2D eigenvalue weighted by Gasteiger charge is -2.30. The van der Waals surface area contributed by atoms with E-state index in [2.05, 4.69) is 14.6 Å². The Kier molecular flexibility index (Phi) is 4.84. The van der Waals surface area contributed by atoms with Crippen LogP contribution in [0.2, 0.25) is 0 Å². The molecule has 1 aliphatic heterocycles. The maximum absolute atomic E-state index is 13.3. The third kappa shape index (κ3) is 3.96. The number of nitrogens with one attached hydrogen (secondary N) is 1. The fraction of sp³-hybridized carbons (Fsp3) is 0.316. The van der Waals surface area contributed by atoms with Gasteiger partial charge in [0, 0.05) is 19.6 Å². The van der Waals surface area contributed by atoms with E-state index in [0.717, 1.165) is 43.1 Å². The van der Waals surface area contributed by atoms with Crippen molar-refractivity contribution in [3.63, 3.8) is 0 Å². The Hall–Kier alpha value is -2.45. The summed E-state index contributed by atoms with van der Waals surface area (Å²) in [6, 6.07) is 13.3. The summed E-state index contributed by atoms with van der Waals surface area (Å²) in [5.41, 5.74) is 1.59. The van der Waals surface area contributed by atoms with E-state index in [0.29, 0.717) is 12.6 Å². The number of piperidine rings is 1. The second-order valence-electron chi connectivity index (χ2n) is 6.70. The number of fused-ring (bicyclic) bond motifs is 1. The van der Waals surface area contributed by atoms with Gasteiger partial charge in [-0.2, -0.15) is 4.98 Å². The molecular formula is C19H20FN3O3S. The first-order valence-corrected chi connectivity index (χ1v) is 10.4. The fourth-order valence-electron chi connectivity index (χ4n) is 3.27. The number of halogens is 1. The van der Waals surface area contributed by atoms with Crippen molar-refractivity contribution in [2.24, 2.45) is 5.92 Å². The van der Waals surface area contributed by atoms with Crippen LogP contribution in [-0.2, 0) is 10.0 Å². The van der Waals surface area contributed by atoms with Crippen molar-refractivity contribution in [2.45, 2.75) is 17.7 Å². The van der Waals surface area contributed by atoms with Gasteiger partial charge in [-0.05, 0) is 49.1 Å². The molecule has 0 aliphatic carbocycles. The molecule has 1 N–H and O–H groups in total. The van der Waals surface area contributed by atoms with E-state index in [-0.39, 0.29) is 10.8 Å². The summed E-state index contributed by atoms with van der Waals surface area (Å²) < 4.78 is 46.2. The third-order valence-electron chi connectivity index (χ3n) is 4.84. The van der Waals surface area contributed by atoms with Crippen molar-refractivity contribution >= 4 is 27.1 Å². The number of hydrogen-bond acceptors (Lipinski definition) is 5. The average Bonchev–Trinajstić information content (AvgIpc) is 3.11. The lowest BCUT2D eigenvalue weighted by Crippen LogP contribution is -2.38. The lowest BCUT2D eigenvalue weighted by molar-refractivity contribution is 0.387. The summed E-state index contributed by atoms with van der Waals surface area (Å²) in [6.45, 7) is 1.83. The van der Waals surface area contributed by atoms with Gasteiger partial charge in [-0.15, -0.1) is 0 Å². The van der Waals surface area contributed by atoms with Crippen molar-refractivity contribution in [1.82, 2.24) is 9.71 Å². The average molecular weight is 389 g/mol. The summed E-state index contributed by atoms with van der Waals surface area (Å²) in [6.07, 6.45) is 1.65. The van der Waals surface area contributed by atoms with Crippen LogP contribution in [0, 0.1) is 11.7 Å². The molecule has 0 radical (unpaired) electrons. The van der Waals surface area contributed by atoms with E-state index in [1.165, 1.54) is 18.2 Å². The van der Waals surface area contributed by atoms with Crippen LogP contribution < -0.4 is 9.62 Å². The summed E-state index contributed by atoms with van der Waals surface area (Å²) in [4.78, 5) is 6.54. The summed E-state index contributed by atoms with van der Waals surface area (Å²) in [5, 5.41) is 0. The maximum atomic E-state index is 13.3. The Bertz CT molecular complexity index is 1010. The molecule has 142 valence electrons. The molecule has 27 heavy (non-hydrogen) atoms. The van der Waals surface area contributed by atoms with E-state index < -0.39 is 15.8 Å². The molecule has 2 aromatic carbocycles. The molecule has 1 aliphatic rings. The van der Waals surface area contributed by atoms with Crippen LogP contribution in [0.4, 0.5) is 10.4 Å². The molecule has 0 spiro atoms. The molecule has 6 nitrogen and oxygen atoms in total. The molecule has 3 aromatic rings. The Balaban J connectivity index is 1.34. The van der Waals surface area contributed by atoms with Gasteiger partial charge in [0.2, 0.25) is 10.0 Å². The van der Waals surface area contributed by atoms with Crippen molar-refractivity contribution < 1.29 is 17.2 Å². The molecule has 0 atom stereocenters. The van der Waals surface area contributed by atoms with E-state index in [4.69, 9.17) is 4.42 Å². The molecule has 1 aromatic heterocycles. The Morgan fingerprint density at radius 2 is 1.93 bits per heavy atom. The highest BCUT2D eigenvalue weighted by Gasteiger charge is 2.24. The van der Waals surface area contributed by atoms with E-state index in [1.54, 1.807) is 0 Å². The van der Waals surface area contributed by atoms with Gasteiger partial charge in [-0.3, -0.25) is 0 Å². The van der Waals surface area contributed by atoms with Crippen molar-refractivity contribution in [1.29, 1.82) is 0 Å². The zero-order valence-electron chi connectivity index (χ0n) is 14.6. The highest BCUT2D eigenvalue weighted by Crippen LogP contribution is 2.26. The highest BCUT2D eigenvalue weighted by molar-refractivity contribution is 7.89. The number of para-hydroxylation sites is 2. The summed E-state index contributed by atoms with van der Waals surface area (Å²) >= 11 is 0. The molecule has 2 heterocycles. The predicted molar refractivity (Wildman–Crippen MR) is 101 cm³/mol. The molecule has 1 saturated heterocycles. The molecule has 0 unspecified atom stereocenters. The fourth-order valence-corrected chi connectivity index (χ4v) is 4.42. The third-order valence-corrected chi connectivity index (χ3v) is 6.26. The minimum Gasteiger partial charge on any atom is -0.423 e. The normalized spacial score (nSPS) is 16.1. The van der Waals surface area contributed by atoms with Gasteiger partial charge in [0.1, 0.15) is 11.3 Å². The quantitative estimate of drug-likeness (QED) is 0.725. The van der Waals surface area contributed by atoms with Crippen LogP contribution in [0.5, 0.6) is 0 Å². The van der Waals surface area contributed by atoms with Gasteiger partial charge >= 0.3 is 0 Å². The van der Waals surface area contributed by atoms with Crippen LogP contribution in [-0.4, -0.2) is 33.0 Å². The van der Waals surface area contributed by atoms with E-state index in [9.17, 15) is 12.8 Å². The second kappa shape index (κ2) is 7.28. The Labute approximate surface area is 157 Å². The number of nitrogens with zero attached hydrogens (tertiary/aromatic N) is 2. The smallest absolute Gasteiger partial charge is 0.298 e. The molecule has 1 fully saturated rings. The molecule has 4 rings (SSSR count). The largest absolute Gasteiger partial charge is 0.423 e. The zero-order chi connectivity index (χ0) is 18.9. The molecule has 0 bridgehead atoms. The number of sulfonamides is 1. The monoisotopic (exact) mass is 389 g/mol. The number of hydrogen-bond donors (Lipinski definition) is 1. The van der Waals surface area contributed by atoms with Crippen LogP contribution >= 0.6 is 0 Å². The highest BCUT2D eigenvalue weighted by atomic mass is 32.2. The standard InChI is InChI=1S/C19H20FN3O3S/c20-15-4-3-5-16(12-15)27(24,25)21-13-14-8-10-23(11-9-14)19-22-17-6-1-2-7-18(17)26-19/h1-7,12,14,21H,8-11,13H2. The Morgan fingerprint density at radius 3 is 2.67 bits per heavy atom. The summed E-state index contributed by atoms with van der Waals surface area (Å²) in [7, 11) is -3.70. The second-order valence-corrected chi connectivity index (χ2v) is 8.47. The first-order chi connectivity index (χ1) is 13.0. The van der Waals surface area contributed by atoms with Gasteiger partial charge in [0.25, 0.3) is 6.01 Å². The number of aromatic nitrogens is 1. The first kappa shape index (κ1) is 17.9. The van der Waals surface area contributed by atoms with Gasteiger partial charge in [0.05, 0.1) is 4.90 Å². The van der Waals surface area contributed by atoms with Crippen molar-refractivity contribution in [3.8, 4) is 0 Å². The van der Waals surface area contributed by atoms with Gasteiger partial charge in [-0.25, -0.2) is 17.5 Å². The lowest BCUT2D eigenvalue weighted by atomic mass is 9.97. The maximum Gasteiger partial charge on any atom is 0.298 e. The minimum atomic E-state index is -3.70.